The Morgan fingerprint density at radius 2 is 2.13 bits per heavy atom. The summed E-state index contributed by atoms with van der Waals surface area (Å²) in [7, 11) is 3.74. The molecule has 1 rings (SSSR count). The zero-order valence-electron chi connectivity index (χ0n) is 9.19. The smallest absolute Gasteiger partial charge is 0.161 e. The average Bonchev–Trinajstić information content (AvgIpc) is 2.15. The summed E-state index contributed by atoms with van der Waals surface area (Å²) in [5.41, 5.74) is 6.89. The molecule has 0 radical (unpaired) electrons. The van der Waals surface area contributed by atoms with Crippen LogP contribution in [0, 0.1) is 0 Å². The number of nitrogen functional groups attached to an aromatic ring is 1. The highest BCUT2D eigenvalue weighted by atomic mass is 16.1. The van der Waals surface area contributed by atoms with Gasteiger partial charge < -0.3 is 10.6 Å². The Hall–Kier alpha value is -1.84. The molecule has 0 spiro atoms. The lowest BCUT2D eigenvalue weighted by molar-refractivity contribution is -0.111. The van der Waals surface area contributed by atoms with E-state index in [0.717, 1.165) is 5.56 Å². The van der Waals surface area contributed by atoms with E-state index in [2.05, 4.69) is 4.98 Å². The van der Waals surface area contributed by atoms with Gasteiger partial charge in [-0.2, -0.15) is 0 Å². The highest BCUT2D eigenvalue weighted by molar-refractivity contribution is 6.19. The molecule has 1 aromatic heterocycles. The van der Waals surface area contributed by atoms with Gasteiger partial charge in [0.05, 0.1) is 0 Å². The van der Waals surface area contributed by atoms with Crippen molar-refractivity contribution < 1.29 is 4.79 Å². The van der Waals surface area contributed by atoms with Crippen LogP contribution in [0.15, 0.2) is 24.5 Å². The second-order valence-electron chi connectivity index (χ2n) is 3.53. The Balaban J connectivity index is 3.11. The molecule has 2 N–H and O–H groups in total. The molecular formula is C11H15N3O. The van der Waals surface area contributed by atoms with Crippen LogP contribution in [0.5, 0.6) is 0 Å². The maximum absolute atomic E-state index is 11.4. The average molecular weight is 205 g/mol. The SMILES string of the molecule is CC(=O)/C(=C\N(C)C)c1ccc(N)nc1. The van der Waals surface area contributed by atoms with E-state index in [4.69, 9.17) is 5.73 Å². The van der Waals surface area contributed by atoms with E-state index < -0.39 is 0 Å². The van der Waals surface area contributed by atoms with Crippen molar-refractivity contribution >= 4 is 17.2 Å². The lowest BCUT2D eigenvalue weighted by atomic mass is 10.1. The number of Topliss-reactive ketones (excluding diaryl/α,β-unsaturated/α-hetero) is 1. The van der Waals surface area contributed by atoms with Crippen LogP contribution in [-0.4, -0.2) is 29.8 Å². The molecule has 0 aromatic carbocycles. The van der Waals surface area contributed by atoms with Crippen LogP contribution in [0.25, 0.3) is 5.57 Å². The summed E-state index contributed by atoms with van der Waals surface area (Å²) in [4.78, 5) is 17.2. The maximum Gasteiger partial charge on any atom is 0.161 e. The monoisotopic (exact) mass is 205 g/mol. The van der Waals surface area contributed by atoms with E-state index >= 15 is 0 Å². The lowest BCUT2D eigenvalue weighted by Gasteiger charge is -2.09. The highest BCUT2D eigenvalue weighted by Crippen LogP contribution is 2.15. The summed E-state index contributed by atoms with van der Waals surface area (Å²) >= 11 is 0. The number of carbonyl (C=O) groups excluding carboxylic acids is 1. The van der Waals surface area contributed by atoms with E-state index in [1.807, 2.05) is 19.0 Å². The predicted octanol–water partition coefficient (Wildman–Crippen LogP) is 1.16. The van der Waals surface area contributed by atoms with Crippen LogP contribution in [-0.2, 0) is 4.79 Å². The van der Waals surface area contributed by atoms with Gasteiger partial charge in [-0.05, 0) is 19.1 Å². The lowest BCUT2D eigenvalue weighted by Crippen LogP contribution is -2.07. The highest BCUT2D eigenvalue weighted by Gasteiger charge is 2.07. The third-order valence-corrected chi connectivity index (χ3v) is 1.86. The van der Waals surface area contributed by atoms with E-state index in [9.17, 15) is 4.79 Å². The van der Waals surface area contributed by atoms with Crippen molar-refractivity contribution in [2.24, 2.45) is 0 Å². The number of rotatable bonds is 3. The minimum Gasteiger partial charge on any atom is -0.384 e. The molecule has 0 aliphatic heterocycles. The van der Waals surface area contributed by atoms with Gasteiger partial charge >= 0.3 is 0 Å². The molecular weight excluding hydrogens is 190 g/mol. The number of ketones is 1. The van der Waals surface area contributed by atoms with Gasteiger partial charge in [0.1, 0.15) is 5.82 Å². The van der Waals surface area contributed by atoms with Crippen molar-refractivity contribution in [2.45, 2.75) is 6.92 Å². The fraction of sp³-hybridized carbons (Fsp3) is 0.273. The normalized spacial score (nSPS) is 11.3. The Labute approximate surface area is 89.4 Å². The van der Waals surface area contributed by atoms with E-state index in [-0.39, 0.29) is 5.78 Å². The number of allylic oxidation sites excluding steroid dienone is 1. The number of hydrogen-bond acceptors (Lipinski definition) is 4. The third kappa shape index (κ3) is 3.09. The molecule has 0 saturated carbocycles. The second-order valence-corrected chi connectivity index (χ2v) is 3.53. The first kappa shape index (κ1) is 11.2. The molecule has 0 aliphatic carbocycles. The zero-order chi connectivity index (χ0) is 11.4. The van der Waals surface area contributed by atoms with Crippen molar-refractivity contribution in [3.8, 4) is 0 Å². The van der Waals surface area contributed by atoms with Crippen LogP contribution in [0.2, 0.25) is 0 Å². The predicted molar refractivity (Wildman–Crippen MR) is 61.0 cm³/mol. The van der Waals surface area contributed by atoms with Crippen molar-refractivity contribution in [1.82, 2.24) is 9.88 Å². The Kier molecular flexibility index (Phi) is 3.44. The summed E-state index contributed by atoms with van der Waals surface area (Å²) in [5, 5.41) is 0. The number of hydrogen-bond donors (Lipinski definition) is 1. The molecule has 15 heavy (non-hydrogen) atoms. The van der Waals surface area contributed by atoms with Gasteiger partial charge in [-0.15, -0.1) is 0 Å². The Morgan fingerprint density at radius 1 is 1.47 bits per heavy atom. The van der Waals surface area contributed by atoms with Crippen molar-refractivity contribution in [3.63, 3.8) is 0 Å². The van der Waals surface area contributed by atoms with Gasteiger partial charge in [0.2, 0.25) is 0 Å². The number of carbonyl (C=O) groups is 1. The fourth-order valence-electron chi connectivity index (χ4n) is 1.19. The first-order chi connectivity index (χ1) is 7.00. The van der Waals surface area contributed by atoms with Gasteiger partial charge in [0.25, 0.3) is 0 Å². The van der Waals surface area contributed by atoms with Crippen molar-refractivity contribution in [1.29, 1.82) is 0 Å². The maximum atomic E-state index is 11.4. The number of nitrogens with two attached hydrogens (primary N) is 1. The van der Waals surface area contributed by atoms with Crippen LogP contribution in [0.4, 0.5) is 5.82 Å². The Bertz CT molecular complexity index is 379. The van der Waals surface area contributed by atoms with Crippen molar-refractivity contribution in [2.75, 3.05) is 19.8 Å². The van der Waals surface area contributed by atoms with E-state index in [1.165, 1.54) is 6.92 Å². The minimum atomic E-state index is 0.00951. The first-order valence-electron chi connectivity index (χ1n) is 4.62. The molecule has 4 heteroatoms. The zero-order valence-corrected chi connectivity index (χ0v) is 9.19. The molecule has 0 saturated heterocycles. The molecule has 0 amide bonds. The fourth-order valence-corrected chi connectivity index (χ4v) is 1.19. The molecule has 0 unspecified atom stereocenters. The third-order valence-electron chi connectivity index (χ3n) is 1.86. The molecule has 4 nitrogen and oxygen atoms in total. The van der Waals surface area contributed by atoms with Crippen molar-refractivity contribution in [3.05, 3.63) is 30.1 Å². The topological polar surface area (TPSA) is 59.2 Å². The van der Waals surface area contributed by atoms with Gasteiger partial charge in [-0.3, -0.25) is 4.79 Å². The van der Waals surface area contributed by atoms with Gasteiger partial charge in [-0.1, -0.05) is 0 Å². The van der Waals surface area contributed by atoms with E-state index in [1.54, 1.807) is 24.5 Å². The molecule has 80 valence electrons. The summed E-state index contributed by atoms with van der Waals surface area (Å²) in [6, 6.07) is 3.47. The molecule has 0 fully saturated rings. The van der Waals surface area contributed by atoms with E-state index in [0.29, 0.717) is 11.4 Å². The molecule has 1 heterocycles. The largest absolute Gasteiger partial charge is 0.384 e. The van der Waals surface area contributed by atoms with Crippen LogP contribution < -0.4 is 5.73 Å². The summed E-state index contributed by atoms with van der Waals surface area (Å²) in [6.45, 7) is 1.53. The molecule has 1 aromatic rings. The Morgan fingerprint density at radius 3 is 2.53 bits per heavy atom. The number of anilines is 1. The van der Waals surface area contributed by atoms with Gasteiger partial charge in [-0.25, -0.2) is 4.98 Å². The summed E-state index contributed by atoms with van der Waals surface area (Å²) in [5.74, 6) is 0.460. The van der Waals surface area contributed by atoms with Crippen LogP contribution in [0.3, 0.4) is 0 Å². The standard InChI is InChI=1S/C11H15N3O/c1-8(15)10(7-14(2)3)9-4-5-11(12)13-6-9/h4-7H,1-3H3,(H2,12,13)/b10-7+. The first-order valence-corrected chi connectivity index (χ1v) is 4.62. The van der Waals surface area contributed by atoms with Crippen LogP contribution >= 0.6 is 0 Å². The quantitative estimate of drug-likeness (QED) is 0.752. The molecule has 0 bridgehead atoms. The minimum absolute atomic E-state index is 0.00951. The summed E-state index contributed by atoms with van der Waals surface area (Å²) in [6.07, 6.45) is 3.38. The molecule has 0 aliphatic rings. The second kappa shape index (κ2) is 4.59. The molecule has 0 atom stereocenters. The number of aromatic nitrogens is 1. The van der Waals surface area contributed by atoms with Gasteiger partial charge in [0.15, 0.2) is 5.78 Å². The van der Waals surface area contributed by atoms with Crippen LogP contribution in [0.1, 0.15) is 12.5 Å². The summed E-state index contributed by atoms with van der Waals surface area (Å²) < 4.78 is 0. The number of pyridine rings is 1. The van der Waals surface area contributed by atoms with Gasteiger partial charge in [0, 0.05) is 37.6 Å². The number of nitrogens with zero attached hydrogens (tertiary/aromatic N) is 2.